The number of rotatable bonds is 8. The van der Waals surface area contributed by atoms with E-state index in [0.29, 0.717) is 16.8 Å². The van der Waals surface area contributed by atoms with E-state index in [1.54, 1.807) is 26.0 Å². The number of hydrogen-bond acceptors (Lipinski definition) is 3. The predicted octanol–water partition coefficient (Wildman–Crippen LogP) is 10.3. The molecule has 0 aromatic heterocycles. The van der Waals surface area contributed by atoms with Crippen LogP contribution in [0.1, 0.15) is 78.6 Å². The van der Waals surface area contributed by atoms with Crippen molar-refractivity contribution >= 4 is 11.3 Å². The first-order chi connectivity index (χ1) is 22.7. The molecule has 0 unspecified atom stereocenters. The minimum absolute atomic E-state index is 0.335. The summed E-state index contributed by atoms with van der Waals surface area (Å²) in [5, 5.41) is 19.6. The molecule has 0 atom stereocenters. The lowest BCUT2D eigenvalue weighted by Crippen LogP contribution is -2.58. The second-order valence-electron chi connectivity index (χ2n) is 13.8. The molecule has 4 N–H and O–H groups in total. The predicted molar refractivity (Wildman–Crippen MR) is 169 cm³/mol. The van der Waals surface area contributed by atoms with Crippen molar-refractivity contribution in [2.24, 2.45) is 0 Å². The Hall–Kier alpha value is -3.72. The van der Waals surface area contributed by atoms with Crippen molar-refractivity contribution in [3.8, 4) is 0 Å². The van der Waals surface area contributed by atoms with Crippen molar-refractivity contribution in [2.45, 2.75) is 102 Å². The van der Waals surface area contributed by atoms with Crippen LogP contribution in [-0.2, 0) is 10.8 Å². The summed E-state index contributed by atoms with van der Waals surface area (Å²) in [6.45, 7) is 12.2. The first-order valence-electron chi connectivity index (χ1n) is 15.3. The lowest BCUT2D eigenvalue weighted by Gasteiger charge is -2.35. The molecule has 282 valence electrons. The van der Waals surface area contributed by atoms with Crippen LogP contribution >= 0.6 is 0 Å². The van der Waals surface area contributed by atoms with Crippen molar-refractivity contribution in [2.75, 3.05) is 5.73 Å². The van der Waals surface area contributed by atoms with Crippen LogP contribution in [-0.4, -0.2) is 46.1 Å². The second kappa shape index (κ2) is 13.0. The van der Waals surface area contributed by atoms with E-state index < -0.39 is 70.4 Å². The van der Waals surface area contributed by atoms with Crippen molar-refractivity contribution in [3.63, 3.8) is 0 Å². The molecule has 3 nitrogen and oxygen atoms in total. The highest BCUT2D eigenvalue weighted by molar-refractivity contribution is 5.71. The van der Waals surface area contributed by atoms with Gasteiger partial charge in [-0.3, -0.25) is 0 Å². The Morgan fingerprint density at radius 1 is 0.569 bits per heavy atom. The molecule has 3 rings (SSSR count). The summed E-state index contributed by atoms with van der Waals surface area (Å²) < 4.78 is 164. The summed E-state index contributed by atoms with van der Waals surface area (Å²) >= 11 is 0. The summed E-state index contributed by atoms with van der Waals surface area (Å²) in [7, 11) is 0. The zero-order valence-electron chi connectivity index (χ0n) is 28.5. The summed E-state index contributed by atoms with van der Waals surface area (Å²) in [5.74, 6) is 0. The summed E-state index contributed by atoms with van der Waals surface area (Å²) in [5.41, 5.74) is -5.04. The maximum absolute atomic E-state index is 13.6. The van der Waals surface area contributed by atoms with E-state index in [4.69, 9.17) is 5.73 Å². The standard InChI is InChI=1S/C36H37F12NO2/c1-19-14-23(29(4,5)24-9-12-27(20(2)15-24)30(6,7)25-10-13-28(49)21(3)16-25)8-11-26(19)22(17-31(50,33(37,38)39)34(40,41)42)18-32(51,35(43,44)45)36(46,47)48/h8-17,50-51H,18,49H2,1-7H3. The van der Waals surface area contributed by atoms with E-state index in [2.05, 4.69) is 0 Å². The van der Waals surface area contributed by atoms with Crippen molar-refractivity contribution in [3.05, 3.63) is 105 Å². The molecule has 3 aromatic carbocycles. The Bertz CT molecular complexity index is 1770. The van der Waals surface area contributed by atoms with Crippen LogP contribution < -0.4 is 5.73 Å². The molecule has 0 saturated heterocycles. The molecule has 0 saturated carbocycles. The molecule has 51 heavy (non-hydrogen) atoms. The average molecular weight is 744 g/mol. The normalized spacial score (nSPS) is 14.6. The summed E-state index contributed by atoms with van der Waals surface area (Å²) in [6.07, 6.45) is -30.4. The third kappa shape index (κ3) is 7.60. The van der Waals surface area contributed by atoms with Crippen molar-refractivity contribution in [1.29, 1.82) is 0 Å². The van der Waals surface area contributed by atoms with Crippen LogP contribution in [0.2, 0.25) is 0 Å². The monoisotopic (exact) mass is 743 g/mol. The lowest BCUT2D eigenvalue weighted by molar-refractivity contribution is -0.366. The van der Waals surface area contributed by atoms with Crippen LogP contribution in [0.15, 0.2) is 60.7 Å². The summed E-state index contributed by atoms with van der Waals surface area (Å²) in [6, 6.07) is 14.3. The van der Waals surface area contributed by atoms with E-state index in [1.807, 2.05) is 52.0 Å². The van der Waals surface area contributed by atoms with Crippen LogP contribution in [0.4, 0.5) is 58.4 Å². The number of halogens is 12. The largest absolute Gasteiger partial charge is 0.430 e. The summed E-state index contributed by atoms with van der Waals surface area (Å²) in [4.78, 5) is 0. The van der Waals surface area contributed by atoms with Crippen LogP contribution in [0.25, 0.3) is 5.57 Å². The van der Waals surface area contributed by atoms with Gasteiger partial charge < -0.3 is 15.9 Å². The zero-order valence-corrected chi connectivity index (χ0v) is 28.5. The SMILES string of the molecule is Cc1cc(C(C)(C)c2ccc(C(C)(C)c3ccc(C(=CC(O)(C(F)(F)F)C(F)(F)F)CC(O)(C(F)(F)F)C(F)(F)F)c(C)c3)cc2C)ccc1N. The smallest absolute Gasteiger partial charge is 0.399 e. The van der Waals surface area contributed by atoms with Crippen LogP contribution in [0.3, 0.4) is 0 Å². The fraction of sp³-hybridized carbons (Fsp3) is 0.444. The molecular weight excluding hydrogens is 706 g/mol. The minimum atomic E-state index is -6.63. The molecule has 0 spiro atoms. The van der Waals surface area contributed by atoms with E-state index in [9.17, 15) is 62.9 Å². The minimum Gasteiger partial charge on any atom is -0.399 e. The van der Waals surface area contributed by atoms with Crippen LogP contribution in [0.5, 0.6) is 0 Å². The number of anilines is 1. The molecule has 0 radical (unpaired) electrons. The molecule has 0 heterocycles. The molecule has 3 aromatic rings. The zero-order chi connectivity index (χ0) is 39.6. The number of alkyl halides is 12. The van der Waals surface area contributed by atoms with Crippen molar-refractivity contribution in [1.82, 2.24) is 0 Å². The first kappa shape index (κ1) is 41.7. The first-order valence-corrected chi connectivity index (χ1v) is 15.3. The highest BCUT2D eigenvalue weighted by Crippen LogP contribution is 2.51. The number of nitrogens with two attached hydrogens (primary N) is 1. The maximum Gasteiger partial charge on any atom is 0.430 e. The fourth-order valence-electron chi connectivity index (χ4n) is 5.99. The molecule has 0 aliphatic heterocycles. The van der Waals surface area contributed by atoms with Crippen molar-refractivity contribution < 1.29 is 62.9 Å². The number of aliphatic hydroxyl groups is 2. The van der Waals surface area contributed by atoms with Gasteiger partial charge >= 0.3 is 24.7 Å². The Labute approximate surface area is 286 Å². The van der Waals surface area contributed by atoms with E-state index >= 15 is 0 Å². The number of aryl methyl sites for hydroxylation is 3. The van der Waals surface area contributed by atoms with Gasteiger partial charge in [-0.2, -0.15) is 52.7 Å². The Kier molecular flexibility index (Phi) is 10.7. The molecule has 15 heteroatoms. The Morgan fingerprint density at radius 2 is 0.980 bits per heavy atom. The van der Waals surface area contributed by atoms with Gasteiger partial charge in [0.15, 0.2) is 0 Å². The van der Waals surface area contributed by atoms with Gasteiger partial charge in [-0.25, -0.2) is 0 Å². The van der Waals surface area contributed by atoms with Gasteiger partial charge in [0.05, 0.1) is 0 Å². The number of benzene rings is 3. The third-order valence-electron chi connectivity index (χ3n) is 9.54. The molecular formula is C36H37F12NO2. The highest BCUT2D eigenvalue weighted by Gasteiger charge is 2.72. The van der Waals surface area contributed by atoms with Gasteiger partial charge in [0.25, 0.3) is 11.2 Å². The average Bonchev–Trinajstić information content (AvgIpc) is 2.95. The maximum atomic E-state index is 13.6. The van der Waals surface area contributed by atoms with E-state index in [1.165, 1.54) is 6.07 Å². The van der Waals surface area contributed by atoms with Gasteiger partial charge in [0, 0.05) is 22.9 Å². The van der Waals surface area contributed by atoms with Gasteiger partial charge in [-0.15, -0.1) is 0 Å². The lowest BCUT2D eigenvalue weighted by atomic mass is 9.72. The van der Waals surface area contributed by atoms with Gasteiger partial charge in [0.1, 0.15) is 0 Å². The van der Waals surface area contributed by atoms with Gasteiger partial charge in [-0.1, -0.05) is 76.2 Å². The molecule has 0 aliphatic carbocycles. The van der Waals surface area contributed by atoms with E-state index in [-0.39, 0.29) is 5.56 Å². The van der Waals surface area contributed by atoms with Gasteiger partial charge in [-0.05, 0) is 83.0 Å². The van der Waals surface area contributed by atoms with Crippen LogP contribution in [0, 0.1) is 20.8 Å². The third-order valence-corrected chi connectivity index (χ3v) is 9.54. The number of nitrogen functional groups attached to an aromatic ring is 1. The quantitative estimate of drug-likeness (QED) is 0.159. The molecule has 0 amide bonds. The number of hydrogen-bond donors (Lipinski definition) is 3. The molecule has 0 fully saturated rings. The Morgan fingerprint density at radius 3 is 1.39 bits per heavy atom. The Balaban J connectivity index is 2.21. The van der Waals surface area contributed by atoms with Gasteiger partial charge in [0.2, 0.25) is 0 Å². The second-order valence-corrected chi connectivity index (χ2v) is 13.8. The molecule has 0 bridgehead atoms. The highest BCUT2D eigenvalue weighted by atomic mass is 19.4. The molecule has 0 aliphatic rings. The topological polar surface area (TPSA) is 66.5 Å². The van der Waals surface area contributed by atoms with E-state index in [0.717, 1.165) is 41.3 Å². The fourth-order valence-corrected chi connectivity index (χ4v) is 5.99.